The van der Waals surface area contributed by atoms with Crippen LogP contribution in [0.3, 0.4) is 0 Å². The summed E-state index contributed by atoms with van der Waals surface area (Å²) < 4.78 is 2.34. The number of rotatable bonds is 4. The quantitative estimate of drug-likeness (QED) is 0.927. The van der Waals surface area contributed by atoms with E-state index in [1.54, 1.807) is 0 Å². The van der Waals surface area contributed by atoms with E-state index >= 15 is 0 Å². The SMILES string of the molecule is CC(C)Cc1ccc(-c2nccn2C2CCCNC2)cc1. The molecule has 1 aromatic carbocycles. The first-order chi connectivity index (χ1) is 10.2. The molecular formula is C18H25N3. The van der Waals surface area contributed by atoms with Gasteiger partial charge in [0.2, 0.25) is 0 Å². The van der Waals surface area contributed by atoms with E-state index < -0.39 is 0 Å². The van der Waals surface area contributed by atoms with Crippen LogP contribution < -0.4 is 5.32 Å². The fourth-order valence-corrected chi connectivity index (χ4v) is 3.16. The van der Waals surface area contributed by atoms with Crippen LogP contribution in [0, 0.1) is 5.92 Å². The van der Waals surface area contributed by atoms with Crippen molar-refractivity contribution in [2.75, 3.05) is 13.1 Å². The van der Waals surface area contributed by atoms with Gasteiger partial charge < -0.3 is 9.88 Å². The third kappa shape index (κ3) is 3.35. The highest BCUT2D eigenvalue weighted by atomic mass is 15.1. The fraction of sp³-hybridized carbons (Fsp3) is 0.500. The van der Waals surface area contributed by atoms with Crippen molar-refractivity contribution in [2.24, 2.45) is 5.92 Å². The van der Waals surface area contributed by atoms with Gasteiger partial charge in [0.15, 0.2) is 0 Å². The smallest absolute Gasteiger partial charge is 0.140 e. The lowest BCUT2D eigenvalue weighted by atomic mass is 10.0. The molecule has 1 unspecified atom stereocenters. The lowest BCUT2D eigenvalue weighted by molar-refractivity contribution is 0.374. The van der Waals surface area contributed by atoms with Gasteiger partial charge in [-0.3, -0.25) is 0 Å². The van der Waals surface area contributed by atoms with Crippen LogP contribution in [-0.4, -0.2) is 22.6 Å². The Hall–Kier alpha value is -1.61. The number of aromatic nitrogens is 2. The van der Waals surface area contributed by atoms with E-state index in [1.807, 2.05) is 6.20 Å². The second kappa shape index (κ2) is 6.44. The minimum absolute atomic E-state index is 0.534. The molecule has 0 aliphatic carbocycles. The number of hydrogen-bond acceptors (Lipinski definition) is 2. The van der Waals surface area contributed by atoms with E-state index in [0.29, 0.717) is 12.0 Å². The number of hydrogen-bond donors (Lipinski definition) is 1. The van der Waals surface area contributed by atoms with Crippen LogP contribution in [-0.2, 0) is 6.42 Å². The first-order valence-corrected chi connectivity index (χ1v) is 8.07. The van der Waals surface area contributed by atoms with Crippen LogP contribution in [0.25, 0.3) is 11.4 Å². The van der Waals surface area contributed by atoms with E-state index in [9.17, 15) is 0 Å². The molecule has 0 bridgehead atoms. The van der Waals surface area contributed by atoms with Gasteiger partial charge >= 0.3 is 0 Å². The van der Waals surface area contributed by atoms with Crippen LogP contribution in [0.4, 0.5) is 0 Å². The molecule has 2 aromatic rings. The average molecular weight is 283 g/mol. The molecule has 1 aromatic heterocycles. The maximum atomic E-state index is 4.59. The topological polar surface area (TPSA) is 29.9 Å². The Balaban J connectivity index is 1.82. The van der Waals surface area contributed by atoms with Gasteiger partial charge in [-0.05, 0) is 37.3 Å². The number of piperidine rings is 1. The molecule has 2 heterocycles. The third-order valence-corrected chi connectivity index (χ3v) is 4.19. The average Bonchev–Trinajstić information content (AvgIpc) is 2.98. The zero-order chi connectivity index (χ0) is 14.7. The lowest BCUT2D eigenvalue weighted by Crippen LogP contribution is -2.31. The largest absolute Gasteiger partial charge is 0.327 e. The van der Waals surface area contributed by atoms with Crippen molar-refractivity contribution in [1.29, 1.82) is 0 Å². The molecule has 0 saturated carbocycles. The van der Waals surface area contributed by atoms with Gasteiger partial charge in [-0.15, -0.1) is 0 Å². The van der Waals surface area contributed by atoms with Crippen molar-refractivity contribution in [3.63, 3.8) is 0 Å². The van der Waals surface area contributed by atoms with Crippen molar-refractivity contribution < 1.29 is 0 Å². The van der Waals surface area contributed by atoms with Gasteiger partial charge in [0, 0.05) is 30.5 Å². The van der Waals surface area contributed by atoms with Gasteiger partial charge in [0.25, 0.3) is 0 Å². The summed E-state index contributed by atoms with van der Waals surface area (Å²) in [4.78, 5) is 4.59. The fourth-order valence-electron chi connectivity index (χ4n) is 3.16. The van der Waals surface area contributed by atoms with Gasteiger partial charge in [-0.25, -0.2) is 4.98 Å². The van der Waals surface area contributed by atoms with Crippen LogP contribution >= 0.6 is 0 Å². The molecule has 3 nitrogen and oxygen atoms in total. The summed E-state index contributed by atoms with van der Waals surface area (Å²) in [5.74, 6) is 1.80. The Labute approximate surface area is 127 Å². The zero-order valence-electron chi connectivity index (χ0n) is 13.0. The maximum Gasteiger partial charge on any atom is 0.140 e. The summed E-state index contributed by atoms with van der Waals surface area (Å²) in [7, 11) is 0. The third-order valence-electron chi connectivity index (χ3n) is 4.19. The van der Waals surface area contributed by atoms with Crippen LogP contribution in [0.15, 0.2) is 36.7 Å². The van der Waals surface area contributed by atoms with Crippen LogP contribution in [0.5, 0.6) is 0 Å². The molecular weight excluding hydrogens is 258 g/mol. The molecule has 0 amide bonds. The first-order valence-electron chi connectivity index (χ1n) is 8.07. The predicted octanol–water partition coefficient (Wildman–Crippen LogP) is 3.67. The standard InChI is InChI=1S/C18H25N3/c1-14(2)12-15-5-7-16(8-6-15)18-20-10-11-21(18)17-4-3-9-19-13-17/h5-8,10-11,14,17,19H,3-4,9,12-13H2,1-2H3. The number of imidazole rings is 1. The zero-order valence-corrected chi connectivity index (χ0v) is 13.0. The lowest BCUT2D eigenvalue weighted by Gasteiger charge is -2.25. The van der Waals surface area contributed by atoms with Crippen molar-refractivity contribution >= 4 is 0 Å². The molecule has 3 rings (SSSR count). The van der Waals surface area contributed by atoms with Gasteiger partial charge in [0.05, 0.1) is 0 Å². The molecule has 112 valence electrons. The molecule has 1 fully saturated rings. The summed E-state index contributed by atoms with van der Waals surface area (Å²) in [6.07, 6.45) is 7.67. The number of nitrogens with zero attached hydrogens (tertiary/aromatic N) is 2. The molecule has 0 spiro atoms. The molecule has 1 saturated heterocycles. The Kier molecular flexibility index (Phi) is 4.39. The summed E-state index contributed by atoms with van der Waals surface area (Å²) >= 11 is 0. The molecule has 1 atom stereocenters. The van der Waals surface area contributed by atoms with Gasteiger partial charge in [-0.1, -0.05) is 38.1 Å². The van der Waals surface area contributed by atoms with E-state index in [1.165, 1.54) is 24.0 Å². The van der Waals surface area contributed by atoms with Crippen LogP contribution in [0.2, 0.25) is 0 Å². The monoisotopic (exact) mass is 283 g/mol. The summed E-state index contributed by atoms with van der Waals surface area (Å²) in [6, 6.07) is 9.45. The number of benzene rings is 1. The minimum atomic E-state index is 0.534. The van der Waals surface area contributed by atoms with E-state index in [2.05, 4.69) is 59.2 Å². The summed E-state index contributed by atoms with van der Waals surface area (Å²) in [5, 5.41) is 3.48. The molecule has 3 heteroatoms. The Morgan fingerprint density at radius 2 is 2.10 bits per heavy atom. The van der Waals surface area contributed by atoms with Crippen molar-refractivity contribution in [2.45, 2.75) is 39.2 Å². The molecule has 1 aliphatic heterocycles. The highest BCUT2D eigenvalue weighted by Crippen LogP contribution is 2.25. The maximum absolute atomic E-state index is 4.59. The van der Waals surface area contributed by atoms with Crippen molar-refractivity contribution in [3.05, 3.63) is 42.2 Å². The highest BCUT2D eigenvalue weighted by Gasteiger charge is 2.18. The summed E-state index contributed by atoms with van der Waals surface area (Å²) in [5.41, 5.74) is 2.63. The van der Waals surface area contributed by atoms with E-state index in [0.717, 1.165) is 25.3 Å². The van der Waals surface area contributed by atoms with E-state index in [-0.39, 0.29) is 0 Å². The molecule has 0 radical (unpaired) electrons. The Bertz CT molecular complexity index is 562. The Morgan fingerprint density at radius 1 is 1.29 bits per heavy atom. The predicted molar refractivity (Wildman–Crippen MR) is 87.3 cm³/mol. The van der Waals surface area contributed by atoms with E-state index in [4.69, 9.17) is 0 Å². The van der Waals surface area contributed by atoms with Crippen LogP contribution in [0.1, 0.15) is 38.3 Å². The molecule has 21 heavy (non-hydrogen) atoms. The highest BCUT2D eigenvalue weighted by molar-refractivity contribution is 5.56. The second-order valence-corrected chi connectivity index (χ2v) is 6.45. The van der Waals surface area contributed by atoms with Gasteiger partial charge in [0.1, 0.15) is 5.82 Å². The second-order valence-electron chi connectivity index (χ2n) is 6.45. The summed E-state index contributed by atoms with van der Waals surface area (Å²) in [6.45, 7) is 6.71. The van der Waals surface area contributed by atoms with Crippen molar-refractivity contribution in [1.82, 2.24) is 14.9 Å². The van der Waals surface area contributed by atoms with Crippen molar-refractivity contribution in [3.8, 4) is 11.4 Å². The normalized spacial score (nSPS) is 19.1. The molecule has 1 N–H and O–H groups in total. The van der Waals surface area contributed by atoms with Gasteiger partial charge in [-0.2, -0.15) is 0 Å². The first kappa shape index (κ1) is 14.3. The molecule has 1 aliphatic rings. The Morgan fingerprint density at radius 3 is 2.76 bits per heavy atom. The number of nitrogens with one attached hydrogen (secondary N) is 1. The minimum Gasteiger partial charge on any atom is -0.327 e.